The van der Waals surface area contributed by atoms with E-state index in [0.29, 0.717) is 24.9 Å². The van der Waals surface area contributed by atoms with Crippen LogP contribution in [-0.2, 0) is 9.47 Å². The van der Waals surface area contributed by atoms with Crippen LogP contribution in [0.1, 0.15) is 30.8 Å². The maximum atomic E-state index is 5.49. The molecule has 0 saturated carbocycles. The van der Waals surface area contributed by atoms with Gasteiger partial charge in [-0.05, 0) is 6.92 Å². The van der Waals surface area contributed by atoms with Crippen molar-refractivity contribution in [1.82, 2.24) is 15.5 Å². The molecule has 0 aromatic carbocycles. The van der Waals surface area contributed by atoms with Crippen molar-refractivity contribution in [3.8, 4) is 0 Å². The van der Waals surface area contributed by atoms with Gasteiger partial charge < -0.3 is 19.3 Å². The summed E-state index contributed by atoms with van der Waals surface area (Å²) in [4.78, 5) is 4.24. The molecule has 1 fully saturated rings. The van der Waals surface area contributed by atoms with Gasteiger partial charge in [0.15, 0.2) is 5.82 Å². The number of aromatic nitrogens is 2. The predicted molar refractivity (Wildman–Crippen MR) is 51.3 cm³/mol. The minimum absolute atomic E-state index is 0.135. The zero-order valence-corrected chi connectivity index (χ0v) is 8.90. The molecule has 1 aliphatic heterocycles. The normalized spacial score (nSPS) is 24.0. The number of hydrogen-bond acceptors (Lipinski definition) is 6. The minimum atomic E-state index is -0.154. The second-order valence-electron chi connectivity index (χ2n) is 3.43. The van der Waals surface area contributed by atoms with Gasteiger partial charge in [-0.2, -0.15) is 4.98 Å². The van der Waals surface area contributed by atoms with Gasteiger partial charge in [-0.25, -0.2) is 0 Å². The van der Waals surface area contributed by atoms with Crippen LogP contribution in [0.25, 0.3) is 0 Å². The third kappa shape index (κ3) is 2.34. The highest BCUT2D eigenvalue weighted by Gasteiger charge is 2.23. The van der Waals surface area contributed by atoms with E-state index in [2.05, 4.69) is 15.5 Å². The van der Waals surface area contributed by atoms with Gasteiger partial charge >= 0.3 is 0 Å². The smallest absolute Gasteiger partial charge is 0.257 e. The largest absolute Gasteiger partial charge is 0.374 e. The van der Waals surface area contributed by atoms with Crippen LogP contribution < -0.4 is 5.32 Å². The molecule has 15 heavy (non-hydrogen) atoms. The first-order valence-corrected chi connectivity index (χ1v) is 5.00. The van der Waals surface area contributed by atoms with Gasteiger partial charge in [0.1, 0.15) is 12.2 Å². The lowest BCUT2D eigenvalue weighted by Gasteiger charge is -2.19. The maximum Gasteiger partial charge on any atom is 0.257 e. The van der Waals surface area contributed by atoms with Crippen LogP contribution in [-0.4, -0.2) is 36.9 Å². The molecule has 1 aromatic heterocycles. The van der Waals surface area contributed by atoms with Crippen molar-refractivity contribution in [2.75, 3.05) is 26.8 Å². The number of nitrogens with zero attached hydrogens (tertiary/aromatic N) is 2. The average Bonchev–Trinajstić information content (AvgIpc) is 2.78. The molecule has 1 N–H and O–H groups in total. The molecule has 84 valence electrons. The fourth-order valence-corrected chi connectivity index (χ4v) is 1.37. The topological polar surface area (TPSA) is 69.4 Å². The van der Waals surface area contributed by atoms with Gasteiger partial charge in [0.2, 0.25) is 0 Å². The second kappa shape index (κ2) is 4.69. The van der Waals surface area contributed by atoms with Crippen LogP contribution in [0.15, 0.2) is 4.52 Å². The number of rotatable bonds is 3. The molecule has 0 radical (unpaired) electrons. The van der Waals surface area contributed by atoms with Gasteiger partial charge in [0.25, 0.3) is 5.89 Å². The highest BCUT2D eigenvalue weighted by Crippen LogP contribution is 2.19. The molecule has 0 aliphatic carbocycles. The molecule has 1 aliphatic rings. The van der Waals surface area contributed by atoms with E-state index in [0.717, 1.165) is 6.54 Å². The Labute approximate surface area is 87.9 Å². The molecule has 0 bridgehead atoms. The zero-order valence-electron chi connectivity index (χ0n) is 8.90. The first-order chi connectivity index (χ1) is 7.31. The lowest BCUT2D eigenvalue weighted by atomic mass is 10.3. The van der Waals surface area contributed by atoms with Gasteiger partial charge in [0.05, 0.1) is 6.61 Å². The average molecular weight is 213 g/mol. The number of methoxy groups -OCH3 is 1. The summed E-state index contributed by atoms with van der Waals surface area (Å²) >= 11 is 0. The van der Waals surface area contributed by atoms with Crippen molar-refractivity contribution in [1.29, 1.82) is 0 Å². The van der Waals surface area contributed by atoms with Gasteiger partial charge in [0, 0.05) is 20.2 Å². The highest BCUT2D eigenvalue weighted by molar-refractivity contribution is 4.94. The quantitative estimate of drug-likeness (QED) is 0.785. The Kier molecular flexibility index (Phi) is 3.30. The van der Waals surface area contributed by atoms with Crippen LogP contribution in [0.5, 0.6) is 0 Å². The van der Waals surface area contributed by atoms with E-state index in [4.69, 9.17) is 14.0 Å². The molecule has 2 unspecified atom stereocenters. The Morgan fingerprint density at radius 3 is 3.13 bits per heavy atom. The van der Waals surface area contributed by atoms with E-state index in [1.54, 1.807) is 7.11 Å². The van der Waals surface area contributed by atoms with Crippen molar-refractivity contribution in [2.45, 2.75) is 19.1 Å². The summed E-state index contributed by atoms with van der Waals surface area (Å²) in [5, 5.41) is 7.05. The minimum Gasteiger partial charge on any atom is -0.374 e. The Morgan fingerprint density at radius 2 is 2.47 bits per heavy atom. The number of morpholine rings is 1. The van der Waals surface area contributed by atoms with E-state index < -0.39 is 0 Å². The van der Waals surface area contributed by atoms with Crippen molar-refractivity contribution in [3.05, 3.63) is 11.7 Å². The molecule has 2 heterocycles. The summed E-state index contributed by atoms with van der Waals surface area (Å²) in [6.07, 6.45) is -0.289. The number of ether oxygens (including phenoxy) is 2. The third-order valence-electron chi connectivity index (χ3n) is 2.38. The SMILES string of the molecule is COC(C)c1noc(C2CNCCO2)n1. The predicted octanol–water partition coefficient (Wildman–Crippen LogP) is 0.438. The molecule has 6 heteroatoms. The molecule has 0 spiro atoms. The summed E-state index contributed by atoms with van der Waals surface area (Å²) in [7, 11) is 1.61. The van der Waals surface area contributed by atoms with E-state index in [-0.39, 0.29) is 12.2 Å². The van der Waals surface area contributed by atoms with Crippen LogP contribution in [0.2, 0.25) is 0 Å². The molecule has 6 nitrogen and oxygen atoms in total. The van der Waals surface area contributed by atoms with Gasteiger partial charge in [-0.15, -0.1) is 0 Å². The van der Waals surface area contributed by atoms with Gasteiger partial charge in [-0.1, -0.05) is 5.16 Å². The Balaban J connectivity index is 2.05. The first-order valence-electron chi connectivity index (χ1n) is 5.00. The summed E-state index contributed by atoms with van der Waals surface area (Å²) in [5.41, 5.74) is 0. The zero-order chi connectivity index (χ0) is 10.7. The highest BCUT2D eigenvalue weighted by atomic mass is 16.5. The van der Waals surface area contributed by atoms with E-state index >= 15 is 0 Å². The van der Waals surface area contributed by atoms with Crippen LogP contribution in [0.3, 0.4) is 0 Å². The number of nitrogens with one attached hydrogen (secondary N) is 1. The first kappa shape index (κ1) is 10.5. The molecule has 0 amide bonds. The molecule has 1 saturated heterocycles. The van der Waals surface area contributed by atoms with E-state index in [9.17, 15) is 0 Å². The molecule has 1 aromatic rings. The second-order valence-corrected chi connectivity index (χ2v) is 3.43. The lowest BCUT2D eigenvalue weighted by Crippen LogP contribution is -2.33. The summed E-state index contributed by atoms with van der Waals surface area (Å²) < 4.78 is 15.7. The maximum absolute atomic E-state index is 5.49. The molecular formula is C9H15N3O3. The monoisotopic (exact) mass is 213 g/mol. The van der Waals surface area contributed by atoms with Crippen molar-refractivity contribution in [2.24, 2.45) is 0 Å². The lowest BCUT2D eigenvalue weighted by molar-refractivity contribution is 0.00754. The number of hydrogen-bond donors (Lipinski definition) is 1. The summed E-state index contributed by atoms with van der Waals surface area (Å²) in [6.45, 7) is 4.12. The standard InChI is InChI=1S/C9H15N3O3/c1-6(13-2)8-11-9(15-12-8)7-5-10-3-4-14-7/h6-7,10H,3-5H2,1-2H3. The fourth-order valence-electron chi connectivity index (χ4n) is 1.37. The van der Waals surface area contributed by atoms with Crippen LogP contribution in [0, 0.1) is 0 Å². The third-order valence-corrected chi connectivity index (χ3v) is 2.38. The van der Waals surface area contributed by atoms with E-state index in [1.165, 1.54) is 0 Å². The molecule has 2 rings (SSSR count). The van der Waals surface area contributed by atoms with E-state index in [1.807, 2.05) is 6.92 Å². The van der Waals surface area contributed by atoms with Crippen LogP contribution >= 0.6 is 0 Å². The van der Waals surface area contributed by atoms with Crippen molar-refractivity contribution < 1.29 is 14.0 Å². The van der Waals surface area contributed by atoms with Gasteiger partial charge in [-0.3, -0.25) is 0 Å². The summed E-state index contributed by atoms with van der Waals surface area (Å²) in [6, 6.07) is 0. The Bertz CT molecular complexity index is 309. The van der Waals surface area contributed by atoms with Crippen LogP contribution in [0.4, 0.5) is 0 Å². The van der Waals surface area contributed by atoms with Crippen molar-refractivity contribution >= 4 is 0 Å². The molecular weight excluding hydrogens is 198 g/mol. The summed E-state index contributed by atoms with van der Waals surface area (Å²) in [5.74, 6) is 1.07. The Morgan fingerprint density at radius 1 is 1.60 bits per heavy atom. The Hall–Kier alpha value is -0.980. The fraction of sp³-hybridized carbons (Fsp3) is 0.778. The molecule has 2 atom stereocenters. The van der Waals surface area contributed by atoms with Crippen molar-refractivity contribution in [3.63, 3.8) is 0 Å².